The number of hydrogen-bond donors (Lipinski definition) is 0. The number of aryl methyl sites for hydroxylation is 1. The fourth-order valence-corrected chi connectivity index (χ4v) is 2.97. The summed E-state index contributed by atoms with van der Waals surface area (Å²) in [5.41, 5.74) is 0.0103. The van der Waals surface area contributed by atoms with Gasteiger partial charge in [-0.2, -0.15) is 0 Å². The van der Waals surface area contributed by atoms with Crippen LogP contribution in [0.3, 0.4) is 0 Å². The molecule has 0 fully saturated rings. The third-order valence-electron chi connectivity index (χ3n) is 2.24. The predicted octanol–water partition coefficient (Wildman–Crippen LogP) is 1.70. The third-order valence-corrected chi connectivity index (χ3v) is 5.08. The van der Waals surface area contributed by atoms with Gasteiger partial charge in [0, 0.05) is 11.9 Å². The Morgan fingerprint density at radius 3 is 2.59 bits per heavy atom. The minimum atomic E-state index is -3.63. The molecule has 0 spiro atoms. The second kappa shape index (κ2) is 4.97. The number of nitrogens with zero attached hydrogens (tertiary/aromatic N) is 2. The molecule has 0 N–H and O–H groups in total. The highest BCUT2D eigenvalue weighted by Gasteiger charge is 2.26. The Morgan fingerprint density at radius 2 is 2.18 bits per heavy atom. The van der Waals surface area contributed by atoms with Crippen LogP contribution in [-0.2, 0) is 9.84 Å². The van der Waals surface area contributed by atoms with Gasteiger partial charge in [0.2, 0.25) is 0 Å². The predicted molar refractivity (Wildman–Crippen MR) is 63.0 cm³/mol. The van der Waals surface area contributed by atoms with E-state index in [1.165, 1.54) is 19.9 Å². The van der Waals surface area contributed by atoms with Crippen molar-refractivity contribution in [2.24, 2.45) is 0 Å². The lowest BCUT2D eigenvalue weighted by Gasteiger charge is -2.10. The van der Waals surface area contributed by atoms with Gasteiger partial charge in [-0.3, -0.25) is 10.1 Å². The summed E-state index contributed by atoms with van der Waals surface area (Å²) in [6.45, 7) is 2.93. The van der Waals surface area contributed by atoms with E-state index in [-0.39, 0.29) is 22.2 Å². The van der Waals surface area contributed by atoms with Gasteiger partial charge in [-0.1, -0.05) is 0 Å². The number of nitro groups is 1. The number of rotatable bonds is 4. The van der Waals surface area contributed by atoms with Gasteiger partial charge in [-0.15, -0.1) is 11.6 Å². The zero-order valence-corrected chi connectivity index (χ0v) is 10.8. The quantitative estimate of drug-likeness (QED) is 0.475. The molecule has 1 aromatic rings. The molecular weight excluding hydrogens is 268 g/mol. The highest BCUT2D eigenvalue weighted by molar-refractivity contribution is 7.92. The fourth-order valence-electron chi connectivity index (χ4n) is 1.22. The summed E-state index contributed by atoms with van der Waals surface area (Å²) in [6.07, 6.45) is 0.931. The molecule has 0 saturated heterocycles. The van der Waals surface area contributed by atoms with Crippen LogP contribution in [0.15, 0.2) is 17.3 Å². The van der Waals surface area contributed by atoms with E-state index in [9.17, 15) is 18.5 Å². The second-order valence-electron chi connectivity index (χ2n) is 3.58. The largest absolute Gasteiger partial charge is 0.287 e. The summed E-state index contributed by atoms with van der Waals surface area (Å²) in [6, 6.07) is 1.18. The van der Waals surface area contributed by atoms with Crippen LogP contribution in [0, 0.1) is 17.0 Å². The first-order valence-corrected chi connectivity index (χ1v) is 6.79. The molecule has 1 aromatic heterocycles. The Balaban J connectivity index is 3.31. The number of halogens is 1. The SMILES string of the molecule is Cc1cc([N+](=O)[O-])cnc1S(=O)(=O)C(C)CCl. The second-order valence-corrected chi connectivity index (χ2v) is 6.17. The smallest absolute Gasteiger partial charge is 0.258 e. The summed E-state index contributed by atoms with van der Waals surface area (Å²) in [4.78, 5) is 13.5. The zero-order valence-electron chi connectivity index (χ0n) is 9.25. The van der Waals surface area contributed by atoms with Crippen molar-refractivity contribution in [3.05, 3.63) is 27.9 Å². The standard InChI is InChI=1S/C9H11ClN2O4S/c1-6-3-8(12(13)14)5-11-9(6)17(15,16)7(2)4-10/h3,5,7H,4H2,1-2H3. The molecule has 1 rings (SSSR count). The normalized spacial score (nSPS) is 13.4. The zero-order chi connectivity index (χ0) is 13.2. The molecule has 1 atom stereocenters. The van der Waals surface area contributed by atoms with E-state index in [2.05, 4.69) is 4.98 Å². The Labute approximate surface area is 104 Å². The highest BCUT2D eigenvalue weighted by Crippen LogP contribution is 2.22. The summed E-state index contributed by atoms with van der Waals surface area (Å²) < 4.78 is 23.9. The van der Waals surface area contributed by atoms with Crippen molar-refractivity contribution in [2.45, 2.75) is 24.1 Å². The van der Waals surface area contributed by atoms with Crippen molar-refractivity contribution < 1.29 is 13.3 Å². The van der Waals surface area contributed by atoms with Crippen LogP contribution in [-0.4, -0.2) is 29.5 Å². The van der Waals surface area contributed by atoms with E-state index in [0.717, 1.165) is 6.20 Å². The summed E-state index contributed by atoms with van der Waals surface area (Å²) in [5.74, 6) is -0.0551. The van der Waals surface area contributed by atoms with Crippen LogP contribution in [0.25, 0.3) is 0 Å². The number of sulfone groups is 1. The molecule has 6 nitrogen and oxygen atoms in total. The molecule has 8 heteroatoms. The lowest BCUT2D eigenvalue weighted by Crippen LogP contribution is -2.21. The molecule has 0 bridgehead atoms. The van der Waals surface area contributed by atoms with Gasteiger partial charge in [0.1, 0.15) is 6.20 Å². The van der Waals surface area contributed by atoms with Gasteiger partial charge < -0.3 is 0 Å². The summed E-state index contributed by atoms with van der Waals surface area (Å²) >= 11 is 5.51. The maximum absolute atomic E-state index is 11.9. The van der Waals surface area contributed by atoms with Crippen LogP contribution in [0.5, 0.6) is 0 Å². The van der Waals surface area contributed by atoms with Gasteiger partial charge in [0.25, 0.3) is 5.69 Å². The van der Waals surface area contributed by atoms with Crippen LogP contribution < -0.4 is 0 Å². The summed E-state index contributed by atoms with van der Waals surface area (Å²) in [7, 11) is -3.63. The van der Waals surface area contributed by atoms with Crippen LogP contribution >= 0.6 is 11.6 Å². The van der Waals surface area contributed by atoms with Crippen molar-refractivity contribution >= 4 is 27.1 Å². The minimum Gasteiger partial charge on any atom is -0.258 e. The van der Waals surface area contributed by atoms with Crippen LogP contribution in [0.1, 0.15) is 12.5 Å². The first kappa shape index (κ1) is 13.9. The van der Waals surface area contributed by atoms with Crippen LogP contribution in [0.4, 0.5) is 5.69 Å². The molecule has 0 aliphatic heterocycles. The molecule has 94 valence electrons. The Morgan fingerprint density at radius 1 is 1.59 bits per heavy atom. The Hall–Kier alpha value is -1.21. The molecule has 1 unspecified atom stereocenters. The van der Waals surface area contributed by atoms with E-state index in [1.807, 2.05) is 0 Å². The van der Waals surface area contributed by atoms with E-state index >= 15 is 0 Å². The first-order valence-electron chi connectivity index (χ1n) is 4.71. The Bertz CT molecular complexity index is 544. The van der Waals surface area contributed by atoms with Crippen LogP contribution in [0.2, 0.25) is 0 Å². The van der Waals surface area contributed by atoms with Gasteiger partial charge in [0.05, 0.1) is 10.2 Å². The van der Waals surface area contributed by atoms with Gasteiger partial charge in [-0.05, 0) is 19.4 Å². The molecule has 17 heavy (non-hydrogen) atoms. The van der Waals surface area contributed by atoms with Gasteiger partial charge in [0.15, 0.2) is 14.9 Å². The van der Waals surface area contributed by atoms with E-state index in [1.54, 1.807) is 0 Å². The average Bonchev–Trinajstić information content (AvgIpc) is 2.27. The fraction of sp³-hybridized carbons (Fsp3) is 0.444. The molecule has 0 aliphatic rings. The molecular formula is C9H11ClN2O4S. The van der Waals surface area contributed by atoms with Crippen molar-refractivity contribution in [3.8, 4) is 0 Å². The maximum Gasteiger partial charge on any atom is 0.287 e. The number of alkyl halides is 1. The molecule has 0 aromatic carbocycles. The van der Waals surface area contributed by atoms with Crippen molar-refractivity contribution in [2.75, 3.05) is 5.88 Å². The highest BCUT2D eigenvalue weighted by atomic mass is 35.5. The lowest BCUT2D eigenvalue weighted by molar-refractivity contribution is -0.385. The molecule has 0 amide bonds. The topological polar surface area (TPSA) is 90.2 Å². The number of aromatic nitrogens is 1. The van der Waals surface area contributed by atoms with E-state index < -0.39 is 20.0 Å². The Kier molecular flexibility index (Phi) is 4.05. The molecule has 0 aliphatic carbocycles. The molecule has 0 saturated carbocycles. The number of hydrogen-bond acceptors (Lipinski definition) is 5. The number of pyridine rings is 1. The monoisotopic (exact) mass is 278 g/mol. The maximum atomic E-state index is 11.9. The van der Waals surface area contributed by atoms with Crippen molar-refractivity contribution in [3.63, 3.8) is 0 Å². The third kappa shape index (κ3) is 2.73. The van der Waals surface area contributed by atoms with Crippen molar-refractivity contribution in [1.29, 1.82) is 0 Å². The first-order chi connectivity index (χ1) is 7.80. The van der Waals surface area contributed by atoms with Crippen molar-refractivity contribution in [1.82, 2.24) is 4.98 Å². The molecule has 0 radical (unpaired) electrons. The molecule has 1 heterocycles. The average molecular weight is 279 g/mol. The van der Waals surface area contributed by atoms with E-state index in [0.29, 0.717) is 0 Å². The van der Waals surface area contributed by atoms with Gasteiger partial charge >= 0.3 is 0 Å². The van der Waals surface area contributed by atoms with E-state index in [4.69, 9.17) is 11.6 Å². The minimum absolute atomic E-state index is 0.0551. The summed E-state index contributed by atoms with van der Waals surface area (Å²) in [5, 5.41) is 9.56. The van der Waals surface area contributed by atoms with Gasteiger partial charge in [-0.25, -0.2) is 13.4 Å². The lowest BCUT2D eigenvalue weighted by atomic mass is 10.3.